The van der Waals surface area contributed by atoms with E-state index in [0.717, 1.165) is 18.4 Å². The molecule has 0 aliphatic heterocycles. The molecule has 5 atom stereocenters. The first-order valence-corrected chi connectivity index (χ1v) is 9.00. The highest BCUT2D eigenvalue weighted by molar-refractivity contribution is 5.78. The maximum absolute atomic E-state index is 12.0. The van der Waals surface area contributed by atoms with Crippen molar-refractivity contribution in [1.82, 2.24) is 0 Å². The van der Waals surface area contributed by atoms with Gasteiger partial charge in [0.2, 0.25) is 11.8 Å². The molecular weight excluding hydrogens is 316 g/mol. The van der Waals surface area contributed by atoms with Crippen LogP contribution >= 0.6 is 0 Å². The molecule has 1 radical (unpaired) electrons. The monoisotopic (exact) mass is 345 g/mol. The van der Waals surface area contributed by atoms with Gasteiger partial charge >= 0.3 is 0 Å². The number of rotatable bonds is 8. The van der Waals surface area contributed by atoms with Gasteiger partial charge < -0.3 is 16.6 Å². The Balaban J connectivity index is 1.95. The number of nitrogens with two attached hydrogens (primary N) is 2. The number of benzene rings is 1. The zero-order valence-corrected chi connectivity index (χ0v) is 14.8. The lowest BCUT2D eigenvalue weighted by Crippen LogP contribution is -2.39. The highest BCUT2D eigenvalue weighted by atomic mass is 16.3. The van der Waals surface area contributed by atoms with Crippen molar-refractivity contribution in [2.75, 3.05) is 0 Å². The summed E-state index contributed by atoms with van der Waals surface area (Å²) in [6.07, 6.45) is 4.22. The summed E-state index contributed by atoms with van der Waals surface area (Å²) in [5, 5.41) is 10.3. The molecule has 1 fully saturated rings. The molecule has 5 heteroatoms. The van der Waals surface area contributed by atoms with E-state index in [9.17, 15) is 14.7 Å². The van der Waals surface area contributed by atoms with Crippen molar-refractivity contribution in [2.45, 2.75) is 45.1 Å². The van der Waals surface area contributed by atoms with Crippen molar-refractivity contribution in [3.63, 3.8) is 0 Å². The summed E-state index contributed by atoms with van der Waals surface area (Å²) in [6, 6.07) is 9.84. The van der Waals surface area contributed by atoms with E-state index in [1.807, 2.05) is 36.8 Å². The molecular formula is C20H29N2O3. The van der Waals surface area contributed by atoms with Crippen molar-refractivity contribution in [2.24, 2.45) is 35.1 Å². The van der Waals surface area contributed by atoms with E-state index in [2.05, 4.69) is 6.92 Å². The van der Waals surface area contributed by atoms with E-state index in [4.69, 9.17) is 11.5 Å². The second-order valence-electron chi connectivity index (χ2n) is 7.41. The Morgan fingerprint density at radius 1 is 1.20 bits per heavy atom. The van der Waals surface area contributed by atoms with Crippen LogP contribution in [-0.2, 0) is 16.0 Å². The molecule has 25 heavy (non-hydrogen) atoms. The lowest BCUT2D eigenvalue weighted by atomic mass is 9.69. The van der Waals surface area contributed by atoms with Gasteiger partial charge in [-0.3, -0.25) is 9.59 Å². The Hall–Kier alpha value is -1.88. The lowest BCUT2D eigenvalue weighted by molar-refractivity contribution is -0.129. The van der Waals surface area contributed by atoms with Crippen LogP contribution in [0.2, 0.25) is 0 Å². The fourth-order valence-electron chi connectivity index (χ4n) is 4.00. The van der Waals surface area contributed by atoms with Crippen molar-refractivity contribution < 1.29 is 14.7 Å². The zero-order valence-electron chi connectivity index (χ0n) is 14.8. The SMILES string of the molecule is CC1CC(C(N)=O)C[C@@H]([C@@H](C[C@@H](O)[CH]Cc2ccccc2)C(N)=O)C1. The van der Waals surface area contributed by atoms with Crippen LogP contribution in [0, 0.1) is 30.1 Å². The van der Waals surface area contributed by atoms with Crippen LogP contribution in [0.3, 0.4) is 0 Å². The molecule has 1 aliphatic rings. The highest BCUT2D eigenvalue weighted by Crippen LogP contribution is 2.38. The van der Waals surface area contributed by atoms with Gasteiger partial charge in [-0.25, -0.2) is 0 Å². The fourth-order valence-corrected chi connectivity index (χ4v) is 4.00. The van der Waals surface area contributed by atoms with E-state index in [1.165, 1.54) is 0 Å². The van der Waals surface area contributed by atoms with Crippen LogP contribution < -0.4 is 11.5 Å². The zero-order chi connectivity index (χ0) is 18.4. The molecule has 5 N–H and O–H groups in total. The molecule has 2 amide bonds. The average molecular weight is 345 g/mol. The second kappa shape index (κ2) is 8.99. The van der Waals surface area contributed by atoms with E-state index >= 15 is 0 Å². The van der Waals surface area contributed by atoms with Crippen molar-refractivity contribution in [1.29, 1.82) is 0 Å². The molecule has 0 saturated heterocycles. The van der Waals surface area contributed by atoms with Crippen LogP contribution in [-0.4, -0.2) is 23.0 Å². The summed E-state index contributed by atoms with van der Waals surface area (Å²) in [6.45, 7) is 2.07. The third-order valence-electron chi connectivity index (χ3n) is 5.28. The maximum Gasteiger partial charge on any atom is 0.220 e. The molecule has 5 nitrogen and oxygen atoms in total. The van der Waals surface area contributed by atoms with Crippen LogP contribution in [0.1, 0.15) is 38.2 Å². The van der Waals surface area contributed by atoms with Gasteiger partial charge in [-0.2, -0.15) is 0 Å². The Kier molecular flexibility index (Phi) is 7.00. The van der Waals surface area contributed by atoms with Crippen molar-refractivity contribution in [3.8, 4) is 0 Å². The number of carbonyl (C=O) groups is 2. The molecule has 2 unspecified atom stereocenters. The average Bonchev–Trinajstić information content (AvgIpc) is 2.58. The van der Waals surface area contributed by atoms with Gasteiger partial charge in [-0.05, 0) is 55.9 Å². The molecule has 1 aromatic rings. The number of carbonyl (C=O) groups excluding carboxylic acids is 2. The van der Waals surface area contributed by atoms with Gasteiger partial charge in [0.05, 0.1) is 6.10 Å². The van der Waals surface area contributed by atoms with Crippen LogP contribution in [0.4, 0.5) is 0 Å². The predicted molar refractivity (Wildman–Crippen MR) is 96.9 cm³/mol. The first kappa shape index (κ1) is 19.4. The van der Waals surface area contributed by atoms with Gasteiger partial charge in [0, 0.05) is 11.8 Å². The quantitative estimate of drug-likeness (QED) is 0.669. The van der Waals surface area contributed by atoms with Crippen LogP contribution in [0.5, 0.6) is 0 Å². The van der Waals surface area contributed by atoms with Crippen molar-refractivity contribution >= 4 is 11.8 Å². The number of aliphatic hydroxyl groups excluding tert-OH is 1. The highest BCUT2D eigenvalue weighted by Gasteiger charge is 2.37. The van der Waals surface area contributed by atoms with Gasteiger partial charge in [0.1, 0.15) is 0 Å². The molecule has 0 aromatic heterocycles. The molecule has 137 valence electrons. The lowest BCUT2D eigenvalue weighted by Gasteiger charge is -2.36. The summed E-state index contributed by atoms with van der Waals surface area (Å²) >= 11 is 0. The molecule has 0 bridgehead atoms. The topological polar surface area (TPSA) is 106 Å². The standard InChI is InChI=1S/C20H29N2O3/c1-13-9-15(11-16(10-13)19(21)24)18(20(22)25)12-17(23)8-7-14-5-3-2-4-6-14/h2-6,8,13,15-18,23H,7,9-12H2,1H3,(H2,21,24)(H2,22,25)/t13?,15-,16?,17-,18+/m0/s1. The van der Waals surface area contributed by atoms with Gasteiger partial charge in [-0.1, -0.05) is 37.3 Å². The van der Waals surface area contributed by atoms with E-state index < -0.39 is 17.9 Å². The number of primary amides is 2. The Morgan fingerprint density at radius 2 is 1.88 bits per heavy atom. The van der Waals surface area contributed by atoms with Crippen LogP contribution in [0.25, 0.3) is 0 Å². The van der Waals surface area contributed by atoms with E-state index in [1.54, 1.807) is 0 Å². The fraction of sp³-hybridized carbons (Fsp3) is 0.550. The largest absolute Gasteiger partial charge is 0.393 e. The molecule has 1 saturated carbocycles. The Bertz CT molecular complexity index is 576. The van der Waals surface area contributed by atoms with Gasteiger partial charge in [0.25, 0.3) is 0 Å². The van der Waals surface area contributed by atoms with Gasteiger partial charge in [0.15, 0.2) is 0 Å². The smallest absolute Gasteiger partial charge is 0.220 e. The number of amides is 2. The van der Waals surface area contributed by atoms with E-state index in [-0.39, 0.29) is 17.7 Å². The first-order valence-electron chi connectivity index (χ1n) is 9.00. The Labute approximate surface area is 149 Å². The second-order valence-corrected chi connectivity index (χ2v) is 7.41. The minimum Gasteiger partial charge on any atom is -0.393 e. The van der Waals surface area contributed by atoms with E-state index in [0.29, 0.717) is 25.2 Å². The third kappa shape index (κ3) is 5.85. The summed E-state index contributed by atoms with van der Waals surface area (Å²) < 4.78 is 0. The number of hydrogen-bond acceptors (Lipinski definition) is 3. The Morgan fingerprint density at radius 3 is 2.48 bits per heavy atom. The number of hydrogen-bond donors (Lipinski definition) is 3. The molecule has 0 heterocycles. The molecule has 0 spiro atoms. The first-order chi connectivity index (χ1) is 11.9. The maximum atomic E-state index is 12.0. The number of aliphatic hydroxyl groups is 1. The van der Waals surface area contributed by atoms with Gasteiger partial charge in [-0.15, -0.1) is 0 Å². The summed E-state index contributed by atoms with van der Waals surface area (Å²) in [7, 11) is 0. The summed E-state index contributed by atoms with van der Waals surface area (Å²) in [4.78, 5) is 23.5. The predicted octanol–water partition coefficient (Wildman–Crippen LogP) is 1.82. The summed E-state index contributed by atoms with van der Waals surface area (Å²) in [5.74, 6) is -1.04. The molecule has 1 aromatic carbocycles. The van der Waals surface area contributed by atoms with Crippen LogP contribution in [0.15, 0.2) is 30.3 Å². The molecule has 2 rings (SSSR count). The molecule has 1 aliphatic carbocycles. The third-order valence-corrected chi connectivity index (χ3v) is 5.28. The minimum absolute atomic E-state index is 0.00137. The summed E-state index contributed by atoms with van der Waals surface area (Å²) in [5.41, 5.74) is 12.2. The minimum atomic E-state index is -0.707. The normalized spacial score (nSPS) is 25.9. The van der Waals surface area contributed by atoms with Crippen molar-refractivity contribution in [3.05, 3.63) is 42.3 Å².